The van der Waals surface area contributed by atoms with Crippen LogP contribution in [-0.4, -0.2) is 42.3 Å². The average molecular weight is 489 g/mol. The van der Waals surface area contributed by atoms with Gasteiger partial charge >= 0.3 is 0 Å². The van der Waals surface area contributed by atoms with Gasteiger partial charge in [-0.05, 0) is 41.0 Å². The number of aromatic nitrogens is 5. The highest BCUT2D eigenvalue weighted by Crippen LogP contribution is 2.26. The van der Waals surface area contributed by atoms with Gasteiger partial charge in [0.05, 0.1) is 23.5 Å². The fraction of sp³-hybridized carbons (Fsp3) is 0.103. The zero-order valence-corrected chi connectivity index (χ0v) is 19.9. The van der Waals surface area contributed by atoms with Gasteiger partial charge < -0.3 is 15.4 Å². The summed E-state index contributed by atoms with van der Waals surface area (Å²) in [7, 11) is 0. The summed E-state index contributed by atoms with van der Waals surface area (Å²) in [5.74, 6) is -0.384. The molecule has 0 spiro atoms. The summed E-state index contributed by atoms with van der Waals surface area (Å²) < 4.78 is 1.87. The van der Waals surface area contributed by atoms with E-state index in [0.29, 0.717) is 13.0 Å². The smallest absolute Gasteiger partial charge is 0.255 e. The first-order chi connectivity index (χ1) is 18.2. The number of phenolic OH excluding ortho intramolecular Hbond substituents is 1. The summed E-state index contributed by atoms with van der Waals surface area (Å²) in [6, 6.07) is 22.9. The number of hydrogen-bond donors (Lipinski definition) is 3. The third-order valence-corrected chi connectivity index (χ3v) is 6.54. The number of hydrogen-bond acceptors (Lipinski definition) is 5. The van der Waals surface area contributed by atoms with E-state index in [1.165, 1.54) is 17.8 Å². The predicted molar refractivity (Wildman–Crippen MR) is 142 cm³/mol. The molecule has 3 N–H and O–H groups in total. The maximum atomic E-state index is 12.9. The fourth-order valence-electron chi connectivity index (χ4n) is 4.63. The van der Waals surface area contributed by atoms with Gasteiger partial charge in [-0.2, -0.15) is 5.10 Å². The van der Waals surface area contributed by atoms with E-state index in [2.05, 4.69) is 55.7 Å². The van der Waals surface area contributed by atoms with Crippen LogP contribution in [-0.2, 0) is 6.42 Å². The van der Waals surface area contributed by atoms with Gasteiger partial charge in [0.15, 0.2) is 0 Å². The summed E-state index contributed by atoms with van der Waals surface area (Å²) in [6.45, 7) is 0.324. The Bertz CT molecular complexity index is 1720. The van der Waals surface area contributed by atoms with Crippen molar-refractivity contribution in [2.45, 2.75) is 12.5 Å². The number of carbonyl (C=O) groups excluding carboxylic acids is 1. The number of phenols is 1. The molecule has 8 nitrogen and oxygen atoms in total. The van der Waals surface area contributed by atoms with Gasteiger partial charge in [-0.1, -0.05) is 54.6 Å². The molecule has 8 heteroatoms. The maximum Gasteiger partial charge on any atom is 0.255 e. The Morgan fingerprint density at radius 3 is 2.73 bits per heavy atom. The minimum atomic E-state index is -0.334. The Hall–Kier alpha value is -4.98. The van der Waals surface area contributed by atoms with Crippen LogP contribution in [0.25, 0.3) is 33.1 Å². The first kappa shape index (κ1) is 22.5. The molecule has 1 amide bonds. The molecule has 0 aliphatic heterocycles. The van der Waals surface area contributed by atoms with E-state index < -0.39 is 0 Å². The second-order valence-electron chi connectivity index (χ2n) is 8.94. The SMILES string of the molecule is O=C(NCC(Cc1ccc2ccccc2c1)n1cc(-c2ncnc3[nH]ccc23)cn1)c1ccccc1O. The number of aromatic hydroxyl groups is 1. The highest BCUT2D eigenvalue weighted by Gasteiger charge is 2.19. The van der Waals surface area contributed by atoms with Crippen LogP contribution < -0.4 is 5.32 Å². The molecule has 1 unspecified atom stereocenters. The van der Waals surface area contributed by atoms with E-state index in [0.717, 1.165) is 33.2 Å². The molecule has 1 atom stereocenters. The van der Waals surface area contributed by atoms with Crippen molar-refractivity contribution < 1.29 is 9.90 Å². The third kappa shape index (κ3) is 4.52. The van der Waals surface area contributed by atoms with Crippen LogP contribution in [0.1, 0.15) is 22.0 Å². The van der Waals surface area contributed by atoms with Crippen molar-refractivity contribution >= 4 is 27.7 Å². The van der Waals surface area contributed by atoms with Gasteiger partial charge in [-0.15, -0.1) is 0 Å². The molecule has 0 bridgehead atoms. The standard InChI is InChI=1S/C29H24N6O2/c36-26-8-4-3-7-24(26)29(37)31-16-23(14-19-9-10-20-5-1-2-6-21(20)13-19)35-17-22(15-34-35)27-25-11-12-30-28(25)33-18-32-27/h1-13,15,17-18,23,36H,14,16H2,(H,31,37)(H,30,32,33). The topological polar surface area (TPSA) is 109 Å². The molecular formula is C29H24N6O2. The molecule has 3 aromatic heterocycles. The van der Waals surface area contributed by atoms with Crippen LogP contribution in [0.2, 0.25) is 0 Å². The van der Waals surface area contributed by atoms with Crippen LogP contribution in [0, 0.1) is 0 Å². The number of fused-ring (bicyclic) bond motifs is 2. The van der Waals surface area contributed by atoms with Gasteiger partial charge in [0, 0.05) is 29.9 Å². The van der Waals surface area contributed by atoms with E-state index in [-0.39, 0.29) is 23.3 Å². The Balaban J connectivity index is 1.31. The van der Waals surface area contributed by atoms with Gasteiger partial charge in [0.1, 0.15) is 17.7 Å². The Labute approximate surface area is 212 Å². The molecule has 0 aliphatic carbocycles. The first-order valence-electron chi connectivity index (χ1n) is 12.0. The molecule has 0 saturated heterocycles. The van der Waals surface area contributed by atoms with Gasteiger partial charge in [0.25, 0.3) is 5.91 Å². The third-order valence-electron chi connectivity index (χ3n) is 6.54. The van der Waals surface area contributed by atoms with Crippen LogP contribution in [0.3, 0.4) is 0 Å². The zero-order chi connectivity index (χ0) is 25.2. The van der Waals surface area contributed by atoms with Crippen molar-refractivity contribution in [2.24, 2.45) is 0 Å². The van der Waals surface area contributed by atoms with Crippen molar-refractivity contribution in [3.05, 3.63) is 109 Å². The number of nitrogens with one attached hydrogen (secondary N) is 2. The lowest BCUT2D eigenvalue weighted by Crippen LogP contribution is -2.32. The number of rotatable bonds is 7. The van der Waals surface area contributed by atoms with Crippen molar-refractivity contribution in [2.75, 3.05) is 6.54 Å². The van der Waals surface area contributed by atoms with E-state index in [9.17, 15) is 9.90 Å². The van der Waals surface area contributed by atoms with Crippen molar-refractivity contribution in [1.29, 1.82) is 0 Å². The van der Waals surface area contributed by atoms with Gasteiger partial charge in [-0.25, -0.2) is 9.97 Å². The largest absolute Gasteiger partial charge is 0.507 e. The van der Waals surface area contributed by atoms with Crippen LogP contribution in [0.4, 0.5) is 0 Å². The minimum Gasteiger partial charge on any atom is -0.507 e. The quantitative estimate of drug-likeness (QED) is 0.296. The molecule has 3 heterocycles. The molecule has 0 saturated carbocycles. The monoisotopic (exact) mass is 488 g/mol. The summed E-state index contributed by atoms with van der Waals surface area (Å²) in [5.41, 5.74) is 3.79. The molecular weight excluding hydrogens is 464 g/mol. The van der Waals surface area contributed by atoms with Crippen molar-refractivity contribution in [1.82, 2.24) is 30.0 Å². The van der Waals surface area contributed by atoms with Crippen molar-refractivity contribution in [3.63, 3.8) is 0 Å². The van der Waals surface area contributed by atoms with Crippen LogP contribution in [0.5, 0.6) is 5.75 Å². The summed E-state index contributed by atoms with van der Waals surface area (Å²) in [4.78, 5) is 24.7. The zero-order valence-electron chi connectivity index (χ0n) is 19.9. The number of para-hydroxylation sites is 1. The fourth-order valence-corrected chi connectivity index (χ4v) is 4.63. The second-order valence-corrected chi connectivity index (χ2v) is 8.94. The minimum absolute atomic E-state index is 0.0493. The molecule has 0 aliphatic rings. The number of benzene rings is 3. The molecule has 3 aromatic carbocycles. The predicted octanol–water partition coefficient (Wildman–Crippen LogP) is 4.89. The highest BCUT2D eigenvalue weighted by atomic mass is 16.3. The number of amides is 1. The Kier molecular flexibility index (Phi) is 5.82. The number of carbonyl (C=O) groups is 1. The normalized spacial score (nSPS) is 12.1. The Morgan fingerprint density at radius 1 is 1.00 bits per heavy atom. The maximum absolute atomic E-state index is 12.9. The Morgan fingerprint density at radius 2 is 1.84 bits per heavy atom. The lowest BCUT2D eigenvalue weighted by Gasteiger charge is -2.19. The lowest BCUT2D eigenvalue weighted by molar-refractivity contribution is 0.0944. The van der Waals surface area contributed by atoms with E-state index in [1.54, 1.807) is 24.4 Å². The molecule has 6 aromatic rings. The second kappa shape index (κ2) is 9.58. The highest BCUT2D eigenvalue weighted by molar-refractivity contribution is 5.96. The average Bonchev–Trinajstić information content (AvgIpc) is 3.61. The summed E-state index contributed by atoms with van der Waals surface area (Å²) >= 11 is 0. The molecule has 0 fully saturated rings. The van der Waals surface area contributed by atoms with E-state index >= 15 is 0 Å². The van der Waals surface area contributed by atoms with E-state index in [4.69, 9.17) is 0 Å². The van der Waals surface area contributed by atoms with Gasteiger partial charge in [-0.3, -0.25) is 9.48 Å². The molecule has 6 rings (SSSR count). The van der Waals surface area contributed by atoms with E-state index in [1.807, 2.05) is 35.3 Å². The van der Waals surface area contributed by atoms with Crippen molar-refractivity contribution in [3.8, 4) is 17.0 Å². The molecule has 182 valence electrons. The lowest BCUT2D eigenvalue weighted by atomic mass is 10.0. The molecule has 37 heavy (non-hydrogen) atoms. The number of aromatic amines is 1. The summed E-state index contributed by atoms with van der Waals surface area (Å²) in [6.07, 6.45) is 7.75. The number of H-pyrrole nitrogens is 1. The first-order valence-corrected chi connectivity index (χ1v) is 12.0. The van der Waals surface area contributed by atoms with Crippen LogP contribution >= 0.6 is 0 Å². The summed E-state index contributed by atoms with van der Waals surface area (Å²) in [5, 5.41) is 21.0. The van der Waals surface area contributed by atoms with Crippen LogP contribution in [0.15, 0.2) is 97.7 Å². The number of nitrogens with zero attached hydrogens (tertiary/aromatic N) is 4. The molecule has 0 radical (unpaired) electrons. The van der Waals surface area contributed by atoms with Gasteiger partial charge in [0.2, 0.25) is 0 Å².